The number of ether oxygens (including phenoxy) is 1. The summed E-state index contributed by atoms with van der Waals surface area (Å²) in [6.45, 7) is 3.38. The molecule has 0 bridgehead atoms. The summed E-state index contributed by atoms with van der Waals surface area (Å²) in [5.41, 5.74) is 0. The molecule has 0 spiro atoms. The van der Waals surface area contributed by atoms with Crippen LogP contribution in [0, 0.1) is 0 Å². The monoisotopic (exact) mass is 685 g/mol. The van der Waals surface area contributed by atoms with Crippen molar-refractivity contribution in [1.29, 1.82) is 0 Å². The molecule has 0 heterocycles. The third-order valence-corrected chi connectivity index (χ3v) is 8.57. The highest BCUT2D eigenvalue weighted by molar-refractivity contribution is 7.47. The predicted octanol–water partition coefficient (Wildman–Crippen LogP) is 9.43. The fraction of sp³-hybridized carbons (Fsp3) is 0.784. The van der Waals surface area contributed by atoms with Crippen LogP contribution in [0.2, 0.25) is 0 Å². The SMILES string of the molecule is CC/C=C\C/C=C\C/C=C\CCCCCC(=O)NCCOP(=O)(O)OCC(O)COC(=O)CCCCCCCCCCCCCCC. The van der Waals surface area contributed by atoms with Crippen LogP contribution in [0.25, 0.3) is 0 Å². The van der Waals surface area contributed by atoms with Gasteiger partial charge in [-0.05, 0) is 44.9 Å². The second kappa shape index (κ2) is 34.1. The second-order valence-electron chi connectivity index (χ2n) is 12.2. The lowest BCUT2D eigenvalue weighted by Gasteiger charge is -2.15. The van der Waals surface area contributed by atoms with Gasteiger partial charge in [-0.15, -0.1) is 0 Å². The zero-order valence-corrected chi connectivity index (χ0v) is 30.6. The Morgan fingerprint density at radius 1 is 0.681 bits per heavy atom. The number of rotatable bonds is 34. The molecule has 0 aliphatic heterocycles. The molecule has 274 valence electrons. The van der Waals surface area contributed by atoms with Gasteiger partial charge in [-0.2, -0.15) is 0 Å². The van der Waals surface area contributed by atoms with Gasteiger partial charge in [0.1, 0.15) is 12.7 Å². The van der Waals surface area contributed by atoms with Crippen LogP contribution in [-0.4, -0.2) is 54.3 Å². The Labute approximate surface area is 286 Å². The average molecular weight is 686 g/mol. The zero-order chi connectivity index (χ0) is 34.7. The number of allylic oxidation sites excluding steroid dienone is 6. The number of aliphatic hydroxyl groups is 1. The summed E-state index contributed by atoms with van der Waals surface area (Å²) >= 11 is 0. The fourth-order valence-corrected chi connectivity index (χ4v) is 5.56. The number of aliphatic hydroxyl groups excluding tert-OH is 1. The van der Waals surface area contributed by atoms with Crippen LogP contribution in [0.15, 0.2) is 36.5 Å². The molecular formula is C37H68NO8P. The number of nitrogens with one attached hydrogen (secondary N) is 1. The van der Waals surface area contributed by atoms with Gasteiger partial charge in [0.25, 0.3) is 0 Å². The van der Waals surface area contributed by atoms with Gasteiger partial charge >= 0.3 is 13.8 Å². The first-order valence-corrected chi connectivity index (χ1v) is 20.0. The number of unbranched alkanes of at least 4 members (excludes halogenated alkanes) is 15. The number of phosphoric ester groups is 1. The van der Waals surface area contributed by atoms with E-state index in [0.717, 1.165) is 64.2 Å². The van der Waals surface area contributed by atoms with Gasteiger partial charge in [0, 0.05) is 19.4 Å². The molecule has 10 heteroatoms. The van der Waals surface area contributed by atoms with Gasteiger partial charge in [0.2, 0.25) is 5.91 Å². The Balaban J connectivity index is 3.67. The summed E-state index contributed by atoms with van der Waals surface area (Å²) in [5.74, 6) is -0.547. The molecule has 0 aliphatic rings. The molecule has 3 N–H and O–H groups in total. The minimum Gasteiger partial charge on any atom is -0.463 e. The molecule has 47 heavy (non-hydrogen) atoms. The third kappa shape index (κ3) is 35.4. The van der Waals surface area contributed by atoms with E-state index in [2.05, 4.69) is 55.6 Å². The van der Waals surface area contributed by atoms with Crippen molar-refractivity contribution < 1.29 is 37.9 Å². The highest BCUT2D eigenvalue weighted by Crippen LogP contribution is 2.42. The molecule has 0 fully saturated rings. The number of phosphoric acid groups is 1. The van der Waals surface area contributed by atoms with E-state index >= 15 is 0 Å². The van der Waals surface area contributed by atoms with Crippen LogP contribution in [0.4, 0.5) is 0 Å². The summed E-state index contributed by atoms with van der Waals surface area (Å²) in [7, 11) is -4.41. The number of hydrogen-bond acceptors (Lipinski definition) is 7. The molecule has 2 atom stereocenters. The third-order valence-electron chi connectivity index (χ3n) is 7.58. The molecule has 2 unspecified atom stereocenters. The molecule has 9 nitrogen and oxygen atoms in total. The van der Waals surface area contributed by atoms with Crippen LogP contribution in [0.1, 0.15) is 155 Å². The molecular weight excluding hydrogens is 617 g/mol. The summed E-state index contributed by atoms with van der Waals surface area (Å²) < 4.78 is 26.7. The molecule has 0 aliphatic carbocycles. The topological polar surface area (TPSA) is 131 Å². The molecule has 0 aromatic rings. The highest BCUT2D eigenvalue weighted by atomic mass is 31.2. The van der Waals surface area contributed by atoms with Gasteiger partial charge in [-0.1, -0.05) is 134 Å². The van der Waals surface area contributed by atoms with Gasteiger partial charge in [0.05, 0.1) is 13.2 Å². The standard InChI is InChI=1S/C37H68NO8P/c1-3-5-7-9-11-13-15-17-19-21-23-25-27-29-36(40)38-31-32-45-47(42,43)46-34-35(39)33-44-37(41)30-28-26-24-22-20-18-16-14-12-10-8-6-4-2/h5,7,11,13,17,19,35,39H,3-4,6,8-10,12,14-16,18,20-34H2,1-2H3,(H,38,40)(H,42,43)/b7-5-,13-11-,19-17-. The van der Waals surface area contributed by atoms with Gasteiger partial charge in [-0.3, -0.25) is 18.6 Å². The minimum absolute atomic E-state index is 0.0661. The Bertz CT molecular complexity index is 876. The van der Waals surface area contributed by atoms with Crippen molar-refractivity contribution >= 4 is 19.7 Å². The van der Waals surface area contributed by atoms with E-state index in [9.17, 15) is 24.2 Å². The van der Waals surface area contributed by atoms with Crippen LogP contribution in [0.3, 0.4) is 0 Å². The first kappa shape index (κ1) is 45.2. The Morgan fingerprint density at radius 3 is 1.83 bits per heavy atom. The molecule has 0 saturated heterocycles. The molecule has 1 amide bonds. The largest absolute Gasteiger partial charge is 0.472 e. The predicted molar refractivity (Wildman–Crippen MR) is 192 cm³/mol. The van der Waals surface area contributed by atoms with Crippen molar-refractivity contribution in [1.82, 2.24) is 5.32 Å². The first-order valence-electron chi connectivity index (χ1n) is 18.5. The summed E-state index contributed by atoms with van der Waals surface area (Å²) in [4.78, 5) is 33.7. The van der Waals surface area contributed by atoms with E-state index in [1.807, 2.05) is 0 Å². The maximum Gasteiger partial charge on any atom is 0.472 e. The molecule has 0 aromatic heterocycles. The Hall–Kier alpha value is -1.77. The van der Waals surface area contributed by atoms with Crippen LogP contribution in [0.5, 0.6) is 0 Å². The van der Waals surface area contributed by atoms with E-state index in [1.54, 1.807) is 0 Å². The Kier molecular flexibility index (Phi) is 32.8. The second-order valence-corrected chi connectivity index (χ2v) is 13.6. The van der Waals surface area contributed by atoms with Gasteiger partial charge in [0.15, 0.2) is 0 Å². The van der Waals surface area contributed by atoms with Crippen LogP contribution >= 0.6 is 7.82 Å². The van der Waals surface area contributed by atoms with E-state index in [4.69, 9.17) is 13.8 Å². The first-order chi connectivity index (χ1) is 22.8. The van der Waals surface area contributed by atoms with Crippen molar-refractivity contribution in [2.45, 2.75) is 161 Å². The van der Waals surface area contributed by atoms with E-state index in [-0.39, 0.29) is 32.1 Å². The maximum absolute atomic E-state index is 12.0. The van der Waals surface area contributed by atoms with E-state index in [1.165, 1.54) is 64.2 Å². The number of hydrogen-bond donors (Lipinski definition) is 3. The van der Waals surface area contributed by atoms with Crippen LogP contribution in [-0.2, 0) is 27.9 Å². The average Bonchev–Trinajstić information content (AvgIpc) is 3.05. The van der Waals surface area contributed by atoms with Crippen molar-refractivity contribution in [2.75, 3.05) is 26.4 Å². The molecule has 0 aromatic carbocycles. The number of carbonyl (C=O) groups is 2. The van der Waals surface area contributed by atoms with Crippen molar-refractivity contribution in [3.8, 4) is 0 Å². The van der Waals surface area contributed by atoms with Crippen molar-refractivity contribution in [3.63, 3.8) is 0 Å². The lowest BCUT2D eigenvalue weighted by molar-refractivity contribution is -0.147. The van der Waals surface area contributed by atoms with E-state index in [0.29, 0.717) is 6.42 Å². The normalized spacial score (nSPS) is 13.9. The summed E-state index contributed by atoms with van der Waals surface area (Å²) in [5, 5.41) is 12.6. The number of carbonyl (C=O) groups excluding carboxylic acids is 2. The fourth-order valence-electron chi connectivity index (χ4n) is 4.80. The van der Waals surface area contributed by atoms with Crippen molar-refractivity contribution in [3.05, 3.63) is 36.5 Å². The lowest BCUT2D eigenvalue weighted by Crippen LogP contribution is -2.27. The van der Waals surface area contributed by atoms with Gasteiger partial charge in [-0.25, -0.2) is 4.57 Å². The molecule has 0 saturated carbocycles. The zero-order valence-electron chi connectivity index (χ0n) is 29.7. The quantitative estimate of drug-likeness (QED) is 0.0264. The van der Waals surface area contributed by atoms with Gasteiger partial charge < -0.3 is 20.1 Å². The molecule has 0 rings (SSSR count). The smallest absolute Gasteiger partial charge is 0.463 e. The lowest BCUT2D eigenvalue weighted by atomic mass is 10.0. The molecule has 0 radical (unpaired) electrons. The number of amides is 1. The Morgan fingerprint density at radius 2 is 1.21 bits per heavy atom. The van der Waals surface area contributed by atoms with E-state index < -0.39 is 26.5 Å². The summed E-state index contributed by atoms with van der Waals surface area (Å²) in [6, 6.07) is 0. The van der Waals surface area contributed by atoms with Crippen LogP contribution < -0.4 is 5.32 Å². The summed E-state index contributed by atoms with van der Waals surface area (Å²) in [6.07, 6.45) is 35.0. The highest BCUT2D eigenvalue weighted by Gasteiger charge is 2.23. The maximum atomic E-state index is 12.0. The van der Waals surface area contributed by atoms with Crippen molar-refractivity contribution in [2.24, 2.45) is 0 Å². The number of esters is 1. The minimum atomic E-state index is -4.41.